The summed E-state index contributed by atoms with van der Waals surface area (Å²) in [5.74, 6) is 1.45. The van der Waals surface area contributed by atoms with Gasteiger partial charge >= 0.3 is 6.09 Å². The number of carbonyl (C=O) groups excluding carboxylic acids is 1. The number of alkyl carbamates (subject to hydrolysis) is 1. The number of alkyl halides is 1. The van der Waals surface area contributed by atoms with E-state index >= 15 is 0 Å². The number of nitrogens with zero attached hydrogens (tertiary/aromatic N) is 5. The maximum Gasteiger partial charge on any atom is 0.407 e. The van der Waals surface area contributed by atoms with Crippen LogP contribution in [0, 0.1) is 5.92 Å². The molecule has 218 valence electrons. The average molecular weight is 595 g/mol. The molecule has 10 nitrogen and oxygen atoms in total. The molecule has 0 bridgehead atoms. The summed E-state index contributed by atoms with van der Waals surface area (Å²) in [6, 6.07) is 1.67. The Morgan fingerprint density at radius 3 is 2.60 bits per heavy atom. The van der Waals surface area contributed by atoms with Gasteiger partial charge in [0.2, 0.25) is 0 Å². The van der Waals surface area contributed by atoms with Crippen LogP contribution in [0.25, 0.3) is 0 Å². The molecule has 5 heterocycles. The van der Waals surface area contributed by atoms with Gasteiger partial charge in [0.1, 0.15) is 22.3 Å². The first-order valence-electron chi connectivity index (χ1n) is 13.5. The number of halogens is 2. The van der Waals surface area contributed by atoms with Gasteiger partial charge in [-0.2, -0.15) is 0 Å². The third-order valence-corrected chi connectivity index (χ3v) is 9.04. The van der Waals surface area contributed by atoms with E-state index < -0.39 is 29.6 Å². The van der Waals surface area contributed by atoms with Crippen molar-refractivity contribution in [2.24, 2.45) is 5.92 Å². The van der Waals surface area contributed by atoms with Gasteiger partial charge in [0.05, 0.1) is 55.4 Å². The highest BCUT2D eigenvalue weighted by Crippen LogP contribution is 2.41. The van der Waals surface area contributed by atoms with Gasteiger partial charge in [0.15, 0.2) is 5.67 Å². The first kappa shape index (κ1) is 29.1. The van der Waals surface area contributed by atoms with Crippen molar-refractivity contribution in [3.05, 3.63) is 29.7 Å². The van der Waals surface area contributed by atoms with Crippen LogP contribution in [0.2, 0.25) is 5.02 Å². The monoisotopic (exact) mass is 594 g/mol. The molecule has 40 heavy (non-hydrogen) atoms. The molecule has 13 heteroatoms. The maximum atomic E-state index is 14.1. The standard InChI is InChI=1S/C27H36ClFN6O4S/c1-17-13-38-27(22(17)33-24(37)39-25(2,3)4)6-9-34(10-7-27)19-11-32-20(12-31-19)40-18-5-8-30-23(21(18)28)35-14-26(29,15-35)16-36/h5,8,11-12,17,22,36H,6-7,9-10,13-16H2,1-4H3,(H,33,37)/t17-,22-/m1/s1. The third kappa shape index (κ3) is 6.09. The van der Waals surface area contributed by atoms with E-state index in [1.807, 2.05) is 20.8 Å². The molecule has 0 aromatic carbocycles. The van der Waals surface area contributed by atoms with Crippen LogP contribution in [-0.4, -0.2) is 88.5 Å². The minimum absolute atomic E-state index is 0.0533. The predicted molar refractivity (Wildman–Crippen MR) is 151 cm³/mol. The van der Waals surface area contributed by atoms with Crippen molar-refractivity contribution in [2.75, 3.05) is 49.2 Å². The van der Waals surface area contributed by atoms with Crippen molar-refractivity contribution < 1.29 is 23.8 Å². The Morgan fingerprint density at radius 2 is 1.98 bits per heavy atom. The molecule has 1 spiro atoms. The van der Waals surface area contributed by atoms with E-state index in [0.717, 1.165) is 36.6 Å². The Labute approximate surface area is 243 Å². The molecule has 2 aromatic heterocycles. The van der Waals surface area contributed by atoms with Crippen LogP contribution in [-0.2, 0) is 9.47 Å². The molecule has 3 aliphatic rings. The van der Waals surface area contributed by atoms with Crippen LogP contribution in [0.4, 0.5) is 20.8 Å². The topological polar surface area (TPSA) is 113 Å². The van der Waals surface area contributed by atoms with Crippen LogP contribution in [0.15, 0.2) is 34.6 Å². The average Bonchev–Trinajstić information content (AvgIpc) is 3.18. The zero-order valence-corrected chi connectivity index (χ0v) is 24.8. The zero-order chi connectivity index (χ0) is 28.7. The van der Waals surface area contributed by atoms with Gasteiger partial charge in [-0.1, -0.05) is 30.3 Å². The third-order valence-electron chi connectivity index (χ3n) is 7.57. The molecule has 1 amide bonds. The summed E-state index contributed by atoms with van der Waals surface area (Å²) >= 11 is 7.95. The van der Waals surface area contributed by atoms with Gasteiger partial charge in [-0.15, -0.1) is 0 Å². The highest BCUT2D eigenvalue weighted by molar-refractivity contribution is 7.99. The molecule has 3 fully saturated rings. The number of amides is 1. The summed E-state index contributed by atoms with van der Waals surface area (Å²) in [6.07, 6.45) is 6.17. The molecule has 2 atom stereocenters. The van der Waals surface area contributed by atoms with E-state index in [-0.39, 0.29) is 25.0 Å². The molecule has 3 aliphatic heterocycles. The van der Waals surface area contributed by atoms with E-state index in [2.05, 4.69) is 32.1 Å². The number of hydrogen-bond donors (Lipinski definition) is 2. The molecule has 2 N–H and O–H groups in total. The smallest absolute Gasteiger partial charge is 0.407 e. The van der Waals surface area contributed by atoms with E-state index in [4.69, 9.17) is 21.1 Å². The fourth-order valence-corrected chi connectivity index (χ4v) is 6.61. The fraction of sp³-hybridized carbons (Fsp3) is 0.630. The van der Waals surface area contributed by atoms with Crippen molar-refractivity contribution in [1.29, 1.82) is 0 Å². The van der Waals surface area contributed by atoms with Gasteiger partial charge in [-0.05, 0) is 39.7 Å². The molecular formula is C27H36ClFN6O4S. The second-order valence-electron chi connectivity index (χ2n) is 11.9. The number of pyridine rings is 1. The highest BCUT2D eigenvalue weighted by atomic mass is 35.5. The number of anilines is 2. The minimum Gasteiger partial charge on any atom is -0.444 e. The summed E-state index contributed by atoms with van der Waals surface area (Å²) in [7, 11) is 0. The van der Waals surface area contributed by atoms with Gasteiger partial charge in [0.25, 0.3) is 0 Å². The molecular weight excluding hydrogens is 559 g/mol. The lowest BCUT2D eigenvalue weighted by Crippen LogP contribution is -2.61. The summed E-state index contributed by atoms with van der Waals surface area (Å²) < 4.78 is 25.9. The lowest BCUT2D eigenvalue weighted by molar-refractivity contribution is -0.0316. The molecule has 3 saturated heterocycles. The quantitative estimate of drug-likeness (QED) is 0.507. The Kier molecular flexibility index (Phi) is 8.08. The van der Waals surface area contributed by atoms with E-state index in [0.29, 0.717) is 22.5 Å². The number of rotatable bonds is 6. The molecule has 0 radical (unpaired) electrons. The molecule has 0 unspecified atom stereocenters. The number of ether oxygens (including phenoxy) is 2. The van der Waals surface area contributed by atoms with Crippen molar-refractivity contribution in [2.45, 2.75) is 73.4 Å². The van der Waals surface area contributed by atoms with Crippen LogP contribution >= 0.6 is 23.4 Å². The Bertz CT molecular complexity index is 1220. The number of nitrogens with one attached hydrogen (secondary N) is 1. The van der Waals surface area contributed by atoms with Gasteiger partial charge in [0, 0.05) is 30.1 Å². The van der Waals surface area contributed by atoms with Crippen molar-refractivity contribution >= 4 is 41.1 Å². The van der Waals surface area contributed by atoms with Gasteiger partial charge in [-0.25, -0.2) is 24.1 Å². The van der Waals surface area contributed by atoms with Crippen LogP contribution < -0.4 is 15.1 Å². The number of hydrogen-bond acceptors (Lipinski definition) is 10. The summed E-state index contributed by atoms with van der Waals surface area (Å²) in [5, 5.41) is 13.3. The fourth-order valence-electron chi connectivity index (χ4n) is 5.52. The molecule has 5 rings (SSSR count). The predicted octanol–water partition coefficient (Wildman–Crippen LogP) is 4.10. The summed E-state index contributed by atoms with van der Waals surface area (Å²) in [4.78, 5) is 30.7. The van der Waals surface area contributed by atoms with E-state index in [1.54, 1.807) is 29.6 Å². The summed E-state index contributed by atoms with van der Waals surface area (Å²) in [6.45, 7) is 9.28. The van der Waals surface area contributed by atoms with Crippen LogP contribution in [0.5, 0.6) is 0 Å². The summed E-state index contributed by atoms with van der Waals surface area (Å²) in [5.41, 5.74) is -2.60. The number of aliphatic hydroxyl groups is 1. The number of piperidine rings is 1. The number of aliphatic hydroxyl groups excluding tert-OH is 1. The first-order chi connectivity index (χ1) is 18.9. The second kappa shape index (κ2) is 11.1. The van der Waals surface area contributed by atoms with Crippen LogP contribution in [0.3, 0.4) is 0 Å². The van der Waals surface area contributed by atoms with Crippen LogP contribution in [0.1, 0.15) is 40.5 Å². The van der Waals surface area contributed by atoms with Crippen molar-refractivity contribution in [3.8, 4) is 0 Å². The second-order valence-corrected chi connectivity index (χ2v) is 13.3. The minimum atomic E-state index is -1.61. The lowest BCUT2D eigenvalue weighted by Gasteiger charge is -2.44. The zero-order valence-electron chi connectivity index (χ0n) is 23.2. The number of aromatic nitrogens is 3. The molecule has 0 aliphatic carbocycles. The molecule has 2 aromatic rings. The Balaban J connectivity index is 1.19. The SMILES string of the molecule is C[C@@H]1COC2(CCN(c3cnc(Sc4ccnc(N5CC(F)(CO)C5)c4Cl)cn3)CC2)[C@@H]1NC(=O)OC(C)(C)C. The normalized spacial score (nSPS) is 23.7. The largest absolute Gasteiger partial charge is 0.444 e. The number of carbonyl (C=O) groups is 1. The highest BCUT2D eigenvalue weighted by Gasteiger charge is 2.51. The van der Waals surface area contributed by atoms with Gasteiger partial charge in [-0.3, -0.25) is 0 Å². The lowest BCUT2D eigenvalue weighted by atomic mass is 9.81. The maximum absolute atomic E-state index is 14.1. The molecule has 0 saturated carbocycles. The van der Waals surface area contributed by atoms with Crippen molar-refractivity contribution in [1.82, 2.24) is 20.3 Å². The van der Waals surface area contributed by atoms with Gasteiger partial charge < -0.3 is 29.7 Å². The van der Waals surface area contributed by atoms with E-state index in [9.17, 15) is 14.3 Å². The Morgan fingerprint density at radius 1 is 1.25 bits per heavy atom. The van der Waals surface area contributed by atoms with E-state index in [1.165, 1.54) is 11.8 Å². The first-order valence-corrected chi connectivity index (χ1v) is 14.7. The van der Waals surface area contributed by atoms with Crippen molar-refractivity contribution in [3.63, 3.8) is 0 Å². The Hall–Kier alpha value is -2.41.